The van der Waals surface area contributed by atoms with Crippen LogP contribution in [-0.4, -0.2) is 6.54 Å². The van der Waals surface area contributed by atoms with Crippen molar-refractivity contribution in [2.24, 2.45) is 0 Å². The number of hydrogen-bond acceptors (Lipinski definition) is 2. The molecule has 0 aliphatic rings. The van der Waals surface area contributed by atoms with Crippen molar-refractivity contribution in [2.75, 3.05) is 6.54 Å². The van der Waals surface area contributed by atoms with Crippen molar-refractivity contribution >= 4 is 27.5 Å². The molecule has 0 saturated heterocycles. The summed E-state index contributed by atoms with van der Waals surface area (Å²) >= 11 is 9.69. The second-order valence-electron chi connectivity index (χ2n) is 3.71. The summed E-state index contributed by atoms with van der Waals surface area (Å²) in [4.78, 5) is 0. The van der Waals surface area contributed by atoms with Gasteiger partial charge in [0.25, 0.3) is 0 Å². The first-order valence-corrected chi connectivity index (χ1v) is 6.60. The molecule has 0 radical (unpaired) electrons. The first-order chi connectivity index (χ1) is 8.22. The first kappa shape index (κ1) is 12.7. The van der Waals surface area contributed by atoms with Crippen molar-refractivity contribution in [1.82, 2.24) is 5.32 Å². The molecule has 0 aliphatic heterocycles. The van der Waals surface area contributed by atoms with Gasteiger partial charge < -0.3 is 9.73 Å². The molecule has 1 N–H and O–H groups in total. The maximum atomic E-state index is 6.28. The molecule has 0 fully saturated rings. The number of hydrogen-bond donors (Lipinski definition) is 1. The molecule has 90 valence electrons. The van der Waals surface area contributed by atoms with Crippen LogP contribution in [-0.2, 0) is 0 Å². The summed E-state index contributed by atoms with van der Waals surface area (Å²) in [6.07, 6.45) is 3.41. The molecule has 0 saturated carbocycles. The summed E-state index contributed by atoms with van der Waals surface area (Å²) in [5.41, 5.74) is 2.13. The molecule has 2 aromatic rings. The van der Waals surface area contributed by atoms with E-state index in [2.05, 4.69) is 28.2 Å². The highest BCUT2D eigenvalue weighted by Crippen LogP contribution is 2.30. The third kappa shape index (κ3) is 2.92. The number of halogens is 2. The second kappa shape index (κ2) is 5.71. The monoisotopic (exact) mass is 313 g/mol. The van der Waals surface area contributed by atoms with Gasteiger partial charge in [0.2, 0.25) is 0 Å². The third-order valence-corrected chi connectivity index (χ3v) is 3.38. The Balaban J connectivity index is 2.39. The van der Waals surface area contributed by atoms with Crippen molar-refractivity contribution in [3.05, 3.63) is 57.4 Å². The molecule has 0 aliphatic carbocycles. The smallest absolute Gasteiger partial charge is 0.0953 e. The highest BCUT2D eigenvalue weighted by Gasteiger charge is 2.16. The second-order valence-corrected chi connectivity index (χ2v) is 5.04. The molecule has 0 amide bonds. The zero-order valence-corrected chi connectivity index (χ0v) is 11.8. The van der Waals surface area contributed by atoms with Gasteiger partial charge in [0, 0.05) is 15.1 Å². The Kier molecular flexibility index (Phi) is 4.26. The highest BCUT2D eigenvalue weighted by molar-refractivity contribution is 9.10. The van der Waals surface area contributed by atoms with Gasteiger partial charge in [-0.3, -0.25) is 0 Å². The lowest BCUT2D eigenvalue weighted by Gasteiger charge is -2.18. The van der Waals surface area contributed by atoms with E-state index < -0.39 is 0 Å². The Morgan fingerprint density at radius 3 is 2.82 bits per heavy atom. The van der Waals surface area contributed by atoms with Crippen LogP contribution in [0.25, 0.3) is 0 Å². The number of benzene rings is 1. The van der Waals surface area contributed by atoms with E-state index in [1.807, 2.05) is 24.3 Å². The summed E-state index contributed by atoms with van der Waals surface area (Å²) in [6, 6.07) is 7.94. The Labute approximate surface area is 114 Å². The summed E-state index contributed by atoms with van der Waals surface area (Å²) in [5.74, 6) is 0. The summed E-state index contributed by atoms with van der Waals surface area (Å²) in [5, 5.41) is 4.14. The minimum Gasteiger partial charge on any atom is -0.472 e. The normalized spacial score (nSPS) is 12.6. The maximum Gasteiger partial charge on any atom is 0.0953 e. The van der Waals surface area contributed by atoms with Gasteiger partial charge >= 0.3 is 0 Å². The van der Waals surface area contributed by atoms with Crippen LogP contribution in [0.1, 0.15) is 24.1 Å². The predicted octanol–water partition coefficient (Wildman–Crippen LogP) is 4.39. The topological polar surface area (TPSA) is 25.2 Å². The van der Waals surface area contributed by atoms with Gasteiger partial charge in [-0.1, -0.05) is 40.5 Å². The Morgan fingerprint density at radius 1 is 1.41 bits per heavy atom. The van der Waals surface area contributed by atoms with Crippen molar-refractivity contribution in [1.29, 1.82) is 0 Å². The minimum atomic E-state index is 0.0688. The van der Waals surface area contributed by atoms with Crippen LogP contribution in [0, 0.1) is 0 Å². The Hall–Kier alpha value is -0.770. The molecule has 1 aromatic heterocycles. The van der Waals surface area contributed by atoms with Crippen LogP contribution < -0.4 is 5.32 Å². The molecule has 0 spiro atoms. The Morgan fingerprint density at radius 2 is 2.24 bits per heavy atom. The standard InChI is InChI=1S/C13H13BrClNO/c1-2-16-13(9-5-6-17-8-9)11-4-3-10(14)7-12(11)15/h3-8,13,16H,2H2,1H3. The van der Waals surface area contributed by atoms with Crippen LogP contribution in [0.4, 0.5) is 0 Å². The third-order valence-electron chi connectivity index (χ3n) is 2.56. The largest absolute Gasteiger partial charge is 0.472 e. The van der Waals surface area contributed by atoms with Crippen LogP contribution in [0.5, 0.6) is 0 Å². The fourth-order valence-electron chi connectivity index (χ4n) is 1.79. The van der Waals surface area contributed by atoms with E-state index >= 15 is 0 Å². The average molecular weight is 315 g/mol. The molecule has 1 aromatic carbocycles. The minimum absolute atomic E-state index is 0.0688. The molecule has 1 heterocycles. The van der Waals surface area contributed by atoms with Gasteiger partial charge in [0.1, 0.15) is 0 Å². The van der Waals surface area contributed by atoms with Crippen LogP contribution in [0.15, 0.2) is 45.7 Å². The van der Waals surface area contributed by atoms with Gasteiger partial charge in [0.15, 0.2) is 0 Å². The highest BCUT2D eigenvalue weighted by atomic mass is 79.9. The predicted molar refractivity (Wildman–Crippen MR) is 73.4 cm³/mol. The summed E-state index contributed by atoms with van der Waals surface area (Å²) < 4.78 is 6.11. The van der Waals surface area contributed by atoms with Gasteiger partial charge in [-0.05, 0) is 30.3 Å². The van der Waals surface area contributed by atoms with E-state index in [9.17, 15) is 0 Å². The Bertz CT molecular complexity index is 484. The van der Waals surface area contributed by atoms with E-state index in [1.165, 1.54) is 0 Å². The lowest BCUT2D eigenvalue weighted by atomic mass is 10.0. The SMILES string of the molecule is CCNC(c1ccoc1)c1ccc(Br)cc1Cl. The van der Waals surface area contributed by atoms with Crippen molar-refractivity contribution in [2.45, 2.75) is 13.0 Å². The molecule has 2 nitrogen and oxygen atoms in total. The van der Waals surface area contributed by atoms with Gasteiger partial charge in [0.05, 0.1) is 18.6 Å². The molecule has 4 heteroatoms. The molecule has 17 heavy (non-hydrogen) atoms. The zero-order valence-electron chi connectivity index (χ0n) is 9.41. The van der Waals surface area contributed by atoms with E-state index in [4.69, 9.17) is 16.0 Å². The molecule has 1 unspecified atom stereocenters. The van der Waals surface area contributed by atoms with E-state index in [-0.39, 0.29) is 6.04 Å². The number of nitrogens with one attached hydrogen (secondary N) is 1. The van der Waals surface area contributed by atoms with Crippen LogP contribution in [0.2, 0.25) is 5.02 Å². The first-order valence-electron chi connectivity index (χ1n) is 5.42. The van der Waals surface area contributed by atoms with Crippen molar-refractivity contribution < 1.29 is 4.42 Å². The average Bonchev–Trinajstić information content (AvgIpc) is 2.80. The van der Waals surface area contributed by atoms with Gasteiger partial charge in [-0.2, -0.15) is 0 Å². The molecular weight excluding hydrogens is 302 g/mol. The van der Waals surface area contributed by atoms with Crippen molar-refractivity contribution in [3.8, 4) is 0 Å². The van der Waals surface area contributed by atoms with Crippen molar-refractivity contribution in [3.63, 3.8) is 0 Å². The lowest BCUT2D eigenvalue weighted by molar-refractivity contribution is 0.553. The van der Waals surface area contributed by atoms with Gasteiger partial charge in [-0.15, -0.1) is 0 Å². The van der Waals surface area contributed by atoms with Gasteiger partial charge in [-0.25, -0.2) is 0 Å². The van der Waals surface area contributed by atoms with E-state index in [0.29, 0.717) is 0 Å². The molecule has 0 bridgehead atoms. The van der Waals surface area contributed by atoms with Crippen LogP contribution in [0.3, 0.4) is 0 Å². The van der Waals surface area contributed by atoms with Crippen LogP contribution >= 0.6 is 27.5 Å². The van der Waals surface area contributed by atoms with E-state index in [1.54, 1.807) is 12.5 Å². The quantitative estimate of drug-likeness (QED) is 0.905. The number of rotatable bonds is 4. The lowest BCUT2D eigenvalue weighted by Crippen LogP contribution is -2.21. The molecule has 2 rings (SSSR count). The molecule has 1 atom stereocenters. The fraction of sp³-hybridized carbons (Fsp3) is 0.231. The fourth-order valence-corrected chi connectivity index (χ4v) is 2.57. The molecular formula is C13H13BrClNO. The zero-order chi connectivity index (χ0) is 12.3. The summed E-state index contributed by atoms with van der Waals surface area (Å²) in [7, 11) is 0. The summed E-state index contributed by atoms with van der Waals surface area (Å²) in [6.45, 7) is 2.93. The number of furan rings is 1. The maximum absolute atomic E-state index is 6.28. The van der Waals surface area contributed by atoms with E-state index in [0.717, 1.165) is 27.2 Å².